The highest BCUT2D eigenvalue weighted by molar-refractivity contribution is 5.77. The van der Waals surface area contributed by atoms with Crippen molar-refractivity contribution in [3.63, 3.8) is 0 Å². The SMILES string of the molecule is O=C(CCc1ccccc1)N=c1ccccn1Cc1ccccc1. The predicted molar refractivity (Wildman–Crippen MR) is 95.3 cm³/mol. The van der Waals surface area contributed by atoms with Gasteiger partial charge in [0.1, 0.15) is 5.49 Å². The lowest BCUT2D eigenvalue weighted by atomic mass is 10.1. The summed E-state index contributed by atoms with van der Waals surface area (Å²) in [5.41, 5.74) is 3.03. The van der Waals surface area contributed by atoms with Crippen LogP contribution in [0.4, 0.5) is 0 Å². The molecule has 0 bridgehead atoms. The monoisotopic (exact) mass is 316 g/mol. The van der Waals surface area contributed by atoms with Gasteiger partial charge in [0.15, 0.2) is 0 Å². The van der Waals surface area contributed by atoms with Crippen LogP contribution < -0.4 is 5.49 Å². The molecule has 0 N–H and O–H groups in total. The minimum Gasteiger partial charge on any atom is -0.329 e. The molecule has 3 heteroatoms. The normalized spacial score (nSPS) is 11.4. The molecule has 0 atom stereocenters. The Labute approximate surface area is 141 Å². The van der Waals surface area contributed by atoms with Crippen molar-refractivity contribution in [2.75, 3.05) is 0 Å². The van der Waals surface area contributed by atoms with E-state index in [1.165, 1.54) is 5.56 Å². The highest BCUT2D eigenvalue weighted by Gasteiger charge is 2.02. The highest BCUT2D eigenvalue weighted by Crippen LogP contribution is 2.03. The molecule has 0 unspecified atom stereocenters. The number of aromatic nitrogens is 1. The molecule has 1 aromatic heterocycles. The molecule has 0 aliphatic carbocycles. The zero-order valence-electron chi connectivity index (χ0n) is 13.5. The number of pyridine rings is 1. The first-order valence-corrected chi connectivity index (χ1v) is 8.12. The van der Waals surface area contributed by atoms with Crippen molar-refractivity contribution >= 4 is 5.91 Å². The van der Waals surface area contributed by atoms with E-state index in [1.807, 2.05) is 77.5 Å². The molecule has 2 aromatic carbocycles. The first kappa shape index (κ1) is 15.9. The molecule has 0 saturated carbocycles. The van der Waals surface area contributed by atoms with Gasteiger partial charge in [0.25, 0.3) is 0 Å². The smallest absolute Gasteiger partial charge is 0.247 e. The first-order chi connectivity index (χ1) is 11.8. The molecule has 3 rings (SSSR count). The first-order valence-electron chi connectivity index (χ1n) is 8.12. The third kappa shape index (κ3) is 4.53. The summed E-state index contributed by atoms with van der Waals surface area (Å²) in [7, 11) is 0. The molecule has 0 aliphatic rings. The summed E-state index contributed by atoms with van der Waals surface area (Å²) in [5.74, 6) is -0.0909. The Morgan fingerprint density at radius 3 is 2.12 bits per heavy atom. The van der Waals surface area contributed by atoms with Gasteiger partial charge in [-0.05, 0) is 29.7 Å². The number of hydrogen-bond donors (Lipinski definition) is 0. The fraction of sp³-hybridized carbons (Fsp3) is 0.143. The van der Waals surface area contributed by atoms with Crippen molar-refractivity contribution < 1.29 is 4.79 Å². The van der Waals surface area contributed by atoms with E-state index in [4.69, 9.17) is 0 Å². The van der Waals surface area contributed by atoms with Crippen LogP contribution in [-0.4, -0.2) is 10.5 Å². The van der Waals surface area contributed by atoms with Gasteiger partial charge in [0.05, 0.1) is 0 Å². The molecule has 1 amide bonds. The Balaban J connectivity index is 1.73. The number of amides is 1. The second-order valence-electron chi connectivity index (χ2n) is 5.66. The van der Waals surface area contributed by atoms with Crippen LogP contribution in [-0.2, 0) is 17.8 Å². The summed E-state index contributed by atoms with van der Waals surface area (Å²) in [6.45, 7) is 0.701. The molecule has 24 heavy (non-hydrogen) atoms. The van der Waals surface area contributed by atoms with Crippen LogP contribution in [0.5, 0.6) is 0 Å². The summed E-state index contributed by atoms with van der Waals surface area (Å²) < 4.78 is 2.00. The van der Waals surface area contributed by atoms with Crippen LogP contribution in [0.15, 0.2) is 90.1 Å². The molecular formula is C21H20N2O. The van der Waals surface area contributed by atoms with Gasteiger partial charge in [-0.2, -0.15) is 4.99 Å². The molecule has 120 valence electrons. The van der Waals surface area contributed by atoms with Gasteiger partial charge in [-0.3, -0.25) is 4.79 Å². The highest BCUT2D eigenvalue weighted by atomic mass is 16.1. The molecule has 0 fully saturated rings. The van der Waals surface area contributed by atoms with Crippen molar-refractivity contribution in [3.8, 4) is 0 Å². The minimum atomic E-state index is -0.0909. The van der Waals surface area contributed by atoms with Gasteiger partial charge in [0, 0.05) is 19.2 Å². The van der Waals surface area contributed by atoms with Gasteiger partial charge in [0.2, 0.25) is 5.91 Å². The summed E-state index contributed by atoms with van der Waals surface area (Å²) in [4.78, 5) is 16.5. The lowest BCUT2D eigenvalue weighted by molar-refractivity contribution is -0.118. The number of carbonyl (C=O) groups is 1. The molecule has 1 heterocycles. The van der Waals surface area contributed by atoms with Crippen LogP contribution in [0.25, 0.3) is 0 Å². The van der Waals surface area contributed by atoms with E-state index in [0.717, 1.165) is 5.56 Å². The zero-order valence-corrected chi connectivity index (χ0v) is 13.5. The zero-order chi connectivity index (χ0) is 16.6. The largest absolute Gasteiger partial charge is 0.329 e. The molecule has 0 saturated heterocycles. The van der Waals surface area contributed by atoms with E-state index in [9.17, 15) is 4.79 Å². The molecule has 0 aliphatic heterocycles. The van der Waals surface area contributed by atoms with E-state index >= 15 is 0 Å². The molecule has 0 spiro atoms. The second kappa shape index (κ2) is 8.06. The van der Waals surface area contributed by atoms with E-state index in [-0.39, 0.29) is 5.91 Å². The lowest BCUT2D eigenvalue weighted by Gasteiger charge is -2.07. The van der Waals surface area contributed by atoms with Crippen molar-refractivity contribution in [2.45, 2.75) is 19.4 Å². The van der Waals surface area contributed by atoms with Crippen LogP contribution >= 0.6 is 0 Å². The molecule has 0 radical (unpaired) electrons. The van der Waals surface area contributed by atoms with Crippen LogP contribution in [0.2, 0.25) is 0 Å². The van der Waals surface area contributed by atoms with Crippen molar-refractivity contribution in [3.05, 3.63) is 102 Å². The lowest BCUT2D eigenvalue weighted by Crippen LogP contribution is -2.22. The van der Waals surface area contributed by atoms with E-state index in [0.29, 0.717) is 24.9 Å². The quantitative estimate of drug-likeness (QED) is 0.708. The number of hydrogen-bond acceptors (Lipinski definition) is 1. The maximum Gasteiger partial charge on any atom is 0.247 e. The van der Waals surface area contributed by atoms with Crippen molar-refractivity contribution in [1.29, 1.82) is 0 Å². The Bertz CT molecular complexity index is 852. The average Bonchev–Trinajstić information content (AvgIpc) is 2.63. The summed E-state index contributed by atoms with van der Waals surface area (Å²) in [5, 5.41) is 0. The van der Waals surface area contributed by atoms with Gasteiger partial charge >= 0.3 is 0 Å². The van der Waals surface area contributed by atoms with Gasteiger partial charge in [-0.25, -0.2) is 0 Å². The second-order valence-corrected chi connectivity index (χ2v) is 5.66. The summed E-state index contributed by atoms with van der Waals surface area (Å²) in [6.07, 6.45) is 3.09. The van der Waals surface area contributed by atoms with Crippen LogP contribution in [0, 0.1) is 0 Å². The molecular weight excluding hydrogens is 296 g/mol. The Hall–Kier alpha value is -2.94. The molecule has 3 nitrogen and oxygen atoms in total. The van der Waals surface area contributed by atoms with E-state index in [2.05, 4.69) is 17.1 Å². The van der Waals surface area contributed by atoms with Crippen molar-refractivity contribution in [1.82, 2.24) is 4.57 Å². The Kier molecular flexibility index (Phi) is 5.36. The topological polar surface area (TPSA) is 34.4 Å². The predicted octanol–water partition coefficient (Wildman–Crippen LogP) is 3.60. The van der Waals surface area contributed by atoms with Crippen LogP contribution in [0.3, 0.4) is 0 Å². The standard InChI is InChI=1S/C21H20N2O/c24-21(15-14-18-9-3-1-4-10-18)22-20-13-7-8-16-23(20)17-19-11-5-2-6-12-19/h1-13,16H,14-15,17H2. The van der Waals surface area contributed by atoms with Gasteiger partial charge in [-0.15, -0.1) is 0 Å². The number of rotatable bonds is 5. The number of nitrogens with zero attached hydrogens (tertiary/aromatic N) is 2. The van der Waals surface area contributed by atoms with Crippen molar-refractivity contribution in [2.24, 2.45) is 4.99 Å². The third-order valence-corrected chi connectivity index (χ3v) is 3.82. The van der Waals surface area contributed by atoms with Gasteiger partial charge < -0.3 is 4.57 Å². The van der Waals surface area contributed by atoms with Gasteiger partial charge in [-0.1, -0.05) is 66.7 Å². The van der Waals surface area contributed by atoms with Crippen LogP contribution in [0.1, 0.15) is 17.5 Å². The number of aryl methyl sites for hydroxylation is 1. The Morgan fingerprint density at radius 1 is 0.792 bits per heavy atom. The fourth-order valence-corrected chi connectivity index (χ4v) is 2.56. The average molecular weight is 316 g/mol. The summed E-state index contributed by atoms with van der Waals surface area (Å²) >= 11 is 0. The number of carbonyl (C=O) groups excluding carboxylic acids is 1. The summed E-state index contributed by atoms with van der Waals surface area (Å²) in [6, 6.07) is 25.9. The van der Waals surface area contributed by atoms with E-state index in [1.54, 1.807) is 0 Å². The molecule has 3 aromatic rings. The third-order valence-electron chi connectivity index (χ3n) is 3.82. The minimum absolute atomic E-state index is 0.0909. The van der Waals surface area contributed by atoms with E-state index < -0.39 is 0 Å². The fourth-order valence-electron chi connectivity index (χ4n) is 2.56. The maximum atomic E-state index is 12.2. The maximum absolute atomic E-state index is 12.2. The Morgan fingerprint density at radius 2 is 1.42 bits per heavy atom. The number of benzene rings is 2.